The lowest BCUT2D eigenvalue weighted by atomic mass is 10.2. The smallest absolute Gasteiger partial charge is 0.142 e. The second-order valence-electron chi connectivity index (χ2n) is 4.77. The molecule has 5 heteroatoms. The lowest BCUT2D eigenvalue weighted by Gasteiger charge is -2.23. The normalized spacial score (nSPS) is 10.7. The van der Waals surface area contributed by atoms with Crippen LogP contribution < -0.4 is 15.0 Å². The molecule has 0 spiro atoms. The minimum Gasteiger partial charge on any atom is -0.495 e. The van der Waals surface area contributed by atoms with Crippen molar-refractivity contribution in [1.82, 2.24) is 15.1 Å². The van der Waals surface area contributed by atoms with Crippen molar-refractivity contribution >= 4 is 11.5 Å². The first kappa shape index (κ1) is 14.4. The molecule has 2 aromatic rings. The van der Waals surface area contributed by atoms with E-state index in [0.29, 0.717) is 0 Å². The Morgan fingerprint density at radius 2 is 2.05 bits per heavy atom. The topological polar surface area (TPSA) is 42.3 Å². The van der Waals surface area contributed by atoms with Crippen molar-refractivity contribution < 1.29 is 4.74 Å². The summed E-state index contributed by atoms with van der Waals surface area (Å²) >= 11 is 0. The van der Waals surface area contributed by atoms with E-state index in [2.05, 4.69) is 15.3 Å². The van der Waals surface area contributed by atoms with Crippen LogP contribution in [0.5, 0.6) is 5.75 Å². The third-order valence-corrected chi connectivity index (χ3v) is 3.43. The summed E-state index contributed by atoms with van der Waals surface area (Å²) in [6.45, 7) is 2.82. The van der Waals surface area contributed by atoms with E-state index in [1.165, 1.54) is 5.56 Å². The van der Waals surface area contributed by atoms with E-state index in [-0.39, 0.29) is 0 Å². The van der Waals surface area contributed by atoms with Crippen molar-refractivity contribution in [1.29, 1.82) is 0 Å². The summed E-state index contributed by atoms with van der Waals surface area (Å²) in [5, 5.41) is 7.73. The Hall–Kier alpha value is -2.01. The first-order chi connectivity index (χ1) is 9.60. The fourth-order valence-electron chi connectivity index (χ4n) is 2.51. The predicted molar refractivity (Wildman–Crippen MR) is 81.8 cm³/mol. The molecule has 0 aliphatic rings. The van der Waals surface area contributed by atoms with Crippen LogP contribution in [0.3, 0.4) is 0 Å². The van der Waals surface area contributed by atoms with E-state index >= 15 is 0 Å². The molecule has 0 saturated heterocycles. The summed E-state index contributed by atoms with van der Waals surface area (Å²) < 4.78 is 7.36. The van der Waals surface area contributed by atoms with E-state index in [1.54, 1.807) is 7.11 Å². The molecule has 0 aliphatic heterocycles. The Bertz CT molecular complexity index is 592. The molecule has 20 heavy (non-hydrogen) atoms. The number of aromatic nitrogens is 2. The maximum Gasteiger partial charge on any atom is 0.142 e. The van der Waals surface area contributed by atoms with Crippen molar-refractivity contribution in [2.45, 2.75) is 13.5 Å². The van der Waals surface area contributed by atoms with Gasteiger partial charge in [0, 0.05) is 26.2 Å². The Morgan fingerprint density at radius 1 is 1.35 bits per heavy atom. The zero-order chi connectivity index (χ0) is 14.7. The number of methoxy groups -OCH3 is 1. The van der Waals surface area contributed by atoms with Crippen molar-refractivity contribution in [3.63, 3.8) is 0 Å². The first-order valence-electron chi connectivity index (χ1n) is 6.64. The summed E-state index contributed by atoms with van der Waals surface area (Å²) in [6.07, 6.45) is 0. The highest BCUT2D eigenvalue weighted by atomic mass is 16.5. The minimum absolute atomic E-state index is 0.786. The number of hydrogen-bond acceptors (Lipinski definition) is 4. The fraction of sp³-hybridized carbons (Fsp3) is 0.400. The van der Waals surface area contributed by atoms with Crippen LogP contribution in [0.2, 0.25) is 0 Å². The molecule has 1 aromatic heterocycles. The number of anilines is 2. The molecule has 0 radical (unpaired) electrons. The Kier molecular flexibility index (Phi) is 4.29. The number of para-hydroxylation sites is 2. The van der Waals surface area contributed by atoms with E-state index in [9.17, 15) is 0 Å². The van der Waals surface area contributed by atoms with Gasteiger partial charge < -0.3 is 15.0 Å². The van der Waals surface area contributed by atoms with Crippen molar-refractivity contribution in [2.75, 3.05) is 26.1 Å². The molecule has 5 nitrogen and oxygen atoms in total. The largest absolute Gasteiger partial charge is 0.495 e. The molecule has 0 saturated carbocycles. The molecule has 1 heterocycles. The third kappa shape index (κ3) is 2.49. The molecule has 0 unspecified atom stereocenters. The van der Waals surface area contributed by atoms with Gasteiger partial charge in [-0.1, -0.05) is 12.1 Å². The minimum atomic E-state index is 0.786. The van der Waals surface area contributed by atoms with Gasteiger partial charge in [-0.3, -0.25) is 4.68 Å². The molecule has 1 N–H and O–H groups in total. The lowest BCUT2D eigenvalue weighted by Crippen LogP contribution is -2.18. The second-order valence-corrected chi connectivity index (χ2v) is 4.77. The average Bonchev–Trinajstić information content (AvgIpc) is 2.73. The van der Waals surface area contributed by atoms with E-state index in [0.717, 1.165) is 29.5 Å². The highest BCUT2D eigenvalue weighted by Crippen LogP contribution is 2.34. The summed E-state index contributed by atoms with van der Waals surface area (Å²) in [5.41, 5.74) is 3.26. The molecular weight excluding hydrogens is 252 g/mol. The van der Waals surface area contributed by atoms with Gasteiger partial charge in [-0.15, -0.1) is 0 Å². The summed E-state index contributed by atoms with van der Waals surface area (Å²) in [4.78, 5) is 2.12. The first-order valence-corrected chi connectivity index (χ1v) is 6.64. The van der Waals surface area contributed by atoms with Crippen LogP contribution >= 0.6 is 0 Å². The summed E-state index contributed by atoms with van der Waals surface area (Å²) in [5.74, 6) is 1.92. The summed E-state index contributed by atoms with van der Waals surface area (Å²) in [6, 6.07) is 7.99. The molecule has 108 valence electrons. The molecular formula is C15H22N4O. The highest BCUT2D eigenvalue weighted by molar-refractivity contribution is 5.69. The molecule has 0 atom stereocenters. The van der Waals surface area contributed by atoms with Crippen molar-refractivity contribution in [3.8, 4) is 5.75 Å². The third-order valence-electron chi connectivity index (χ3n) is 3.43. The Labute approximate surface area is 120 Å². The van der Waals surface area contributed by atoms with Gasteiger partial charge in [0.2, 0.25) is 0 Å². The standard InChI is InChI=1S/C15H22N4O/c1-11-12(10-16-2)15(19(4)17-11)18(3)13-8-6-7-9-14(13)20-5/h6-9,16H,10H2,1-5H3. The van der Waals surface area contributed by atoms with Gasteiger partial charge in [-0.25, -0.2) is 0 Å². The zero-order valence-electron chi connectivity index (χ0n) is 12.8. The van der Waals surface area contributed by atoms with Gasteiger partial charge in [0.05, 0.1) is 18.5 Å². The molecule has 0 amide bonds. The number of benzene rings is 1. The lowest BCUT2D eigenvalue weighted by molar-refractivity contribution is 0.415. The molecule has 0 fully saturated rings. The maximum atomic E-state index is 5.45. The van der Waals surface area contributed by atoms with Crippen LogP contribution in [-0.4, -0.2) is 31.0 Å². The molecule has 2 rings (SSSR count). The number of aryl methyl sites for hydroxylation is 2. The molecule has 0 bridgehead atoms. The Balaban J connectivity index is 2.50. The number of hydrogen-bond donors (Lipinski definition) is 1. The van der Waals surface area contributed by atoms with Crippen molar-refractivity contribution in [3.05, 3.63) is 35.5 Å². The van der Waals surface area contributed by atoms with Gasteiger partial charge in [-0.05, 0) is 26.1 Å². The SMILES string of the molecule is CNCc1c(C)nn(C)c1N(C)c1ccccc1OC. The van der Waals surface area contributed by atoms with E-state index in [4.69, 9.17) is 4.74 Å². The van der Waals surface area contributed by atoms with E-state index in [1.807, 2.05) is 57.0 Å². The zero-order valence-corrected chi connectivity index (χ0v) is 12.8. The monoisotopic (exact) mass is 274 g/mol. The van der Waals surface area contributed by atoms with Crippen LogP contribution in [0.25, 0.3) is 0 Å². The van der Waals surface area contributed by atoms with Crippen LogP contribution in [-0.2, 0) is 13.6 Å². The van der Waals surface area contributed by atoms with Crippen LogP contribution in [0, 0.1) is 6.92 Å². The highest BCUT2D eigenvalue weighted by Gasteiger charge is 2.19. The number of rotatable bonds is 5. The van der Waals surface area contributed by atoms with Gasteiger partial charge in [0.25, 0.3) is 0 Å². The van der Waals surface area contributed by atoms with Crippen LogP contribution in [0.15, 0.2) is 24.3 Å². The maximum absolute atomic E-state index is 5.45. The number of nitrogens with one attached hydrogen (secondary N) is 1. The van der Waals surface area contributed by atoms with Gasteiger partial charge in [0.15, 0.2) is 0 Å². The quantitative estimate of drug-likeness (QED) is 0.908. The van der Waals surface area contributed by atoms with Gasteiger partial charge >= 0.3 is 0 Å². The average molecular weight is 274 g/mol. The number of ether oxygens (including phenoxy) is 1. The summed E-state index contributed by atoms with van der Waals surface area (Å²) in [7, 11) is 7.63. The fourth-order valence-corrected chi connectivity index (χ4v) is 2.51. The second kappa shape index (κ2) is 5.96. The molecule has 1 aromatic carbocycles. The Morgan fingerprint density at radius 3 is 2.70 bits per heavy atom. The van der Waals surface area contributed by atoms with Crippen LogP contribution in [0.4, 0.5) is 11.5 Å². The van der Waals surface area contributed by atoms with Crippen LogP contribution in [0.1, 0.15) is 11.3 Å². The van der Waals surface area contributed by atoms with Crippen molar-refractivity contribution in [2.24, 2.45) is 7.05 Å². The van der Waals surface area contributed by atoms with Gasteiger partial charge in [-0.2, -0.15) is 5.10 Å². The van der Waals surface area contributed by atoms with E-state index < -0.39 is 0 Å². The predicted octanol–water partition coefficient (Wildman–Crippen LogP) is 2.22. The van der Waals surface area contributed by atoms with Gasteiger partial charge in [0.1, 0.15) is 11.6 Å². The molecule has 0 aliphatic carbocycles. The number of nitrogens with zero attached hydrogens (tertiary/aromatic N) is 3.